The van der Waals surface area contributed by atoms with Gasteiger partial charge >= 0.3 is 0 Å². The molecule has 4 heteroatoms. The second-order valence-corrected chi connectivity index (χ2v) is 5.56. The van der Waals surface area contributed by atoms with Gasteiger partial charge in [0, 0.05) is 13.7 Å². The molecule has 1 aliphatic carbocycles. The normalized spacial score (nSPS) is 27.1. The van der Waals surface area contributed by atoms with E-state index in [1.807, 2.05) is 0 Å². The molecule has 0 aromatic rings. The number of ether oxygens (including phenoxy) is 3. The highest BCUT2D eigenvalue weighted by Crippen LogP contribution is 2.41. The third-order valence-corrected chi connectivity index (χ3v) is 3.86. The number of nitrogens with zero attached hydrogens (tertiary/aromatic N) is 1. The molecule has 0 aromatic carbocycles. The fourth-order valence-corrected chi connectivity index (χ4v) is 2.78. The first-order valence-electron chi connectivity index (χ1n) is 7.28. The fourth-order valence-electron chi connectivity index (χ4n) is 2.78. The van der Waals surface area contributed by atoms with E-state index in [1.165, 1.54) is 12.8 Å². The Morgan fingerprint density at radius 3 is 2.47 bits per heavy atom. The summed E-state index contributed by atoms with van der Waals surface area (Å²) in [4.78, 5) is 0. The summed E-state index contributed by atoms with van der Waals surface area (Å²) in [7, 11) is 1.66. The Morgan fingerprint density at radius 2 is 1.84 bits per heavy atom. The number of nitriles is 1. The molecule has 1 rings (SSSR count). The van der Waals surface area contributed by atoms with Gasteiger partial charge in [-0.25, -0.2) is 0 Å². The molecule has 0 amide bonds. The number of hydrogen-bond donors (Lipinski definition) is 0. The topological polar surface area (TPSA) is 51.5 Å². The van der Waals surface area contributed by atoms with Crippen LogP contribution in [0.4, 0.5) is 0 Å². The molecule has 0 aromatic heterocycles. The van der Waals surface area contributed by atoms with Crippen molar-refractivity contribution >= 4 is 0 Å². The van der Waals surface area contributed by atoms with Crippen molar-refractivity contribution in [2.75, 3.05) is 40.1 Å². The SMILES string of the molecule is COCCOCCOCCC1(C#N)CCCC(C)C1. The second-order valence-electron chi connectivity index (χ2n) is 5.56. The Morgan fingerprint density at radius 1 is 1.16 bits per heavy atom. The van der Waals surface area contributed by atoms with Crippen LogP contribution in [0.2, 0.25) is 0 Å². The number of rotatable bonds is 9. The lowest BCUT2D eigenvalue weighted by Crippen LogP contribution is -2.28. The van der Waals surface area contributed by atoms with E-state index in [1.54, 1.807) is 7.11 Å². The van der Waals surface area contributed by atoms with Crippen molar-refractivity contribution in [2.24, 2.45) is 11.3 Å². The van der Waals surface area contributed by atoms with Crippen LogP contribution in [0.1, 0.15) is 39.0 Å². The zero-order valence-electron chi connectivity index (χ0n) is 12.3. The van der Waals surface area contributed by atoms with Crippen molar-refractivity contribution in [1.29, 1.82) is 5.26 Å². The Bertz CT molecular complexity index is 277. The van der Waals surface area contributed by atoms with Crippen LogP contribution in [0.15, 0.2) is 0 Å². The van der Waals surface area contributed by atoms with Gasteiger partial charge in [-0.3, -0.25) is 0 Å². The van der Waals surface area contributed by atoms with Crippen molar-refractivity contribution in [1.82, 2.24) is 0 Å². The lowest BCUT2D eigenvalue weighted by atomic mass is 9.69. The van der Waals surface area contributed by atoms with Gasteiger partial charge in [-0.2, -0.15) is 5.26 Å². The summed E-state index contributed by atoms with van der Waals surface area (Å²) >= 11 is 0. The summed E-state index contributed by atoms with van der Waals surface area (Å²) < 4.78 is 15.8. The van der Waals surface area contributed by atoms with Gasteiger partial charge in [0.15, 0.2) is 0 Å². The minimum absolute atomic E-state index is 0.144. The zero-order chi connectivity index (χ0) is 14.0. The van der Waals surface area contributed by atoms with Crippen LogP contribution in [0.3, 0.4) is 0 Å². The summed E-state index contributed by atoms with van der Waals surface area (Å²) in [5.41, 5.74) is -0.144. The third kappa shape index (κ3) is 6.38. The first kappa shape index (κ1) is 16.4. The predicted molar refractivity (Wildman–Crippen MR) is 73.8 cm³/mol. The second kappa shape index (κ2) is 9.30. The molecule has 0 aliphatic heterocycles. The first-order valence-corrected chi connectivity index (χ1v) is 7.28. The van der Waals surface area contributed by atoms with E-state index < -0.39 is 0 Å². The van der Waals surface area contributed by atoms with Crippen molar-refractivity contribution in [3.63, 3.8) is 0 Å². The highest BCUT2D eigenvalue weighted by Gasteiger charge is 2.34. The molecule has 0 N–H and O–H groups in total. The standard InChI is InChI=1S/C15H27NO3/c1-14-4-3-5-15(12-14,13-16)6-7-18-10-11-19-9-8-17-2/h14H,3-12H2,1-2H3. The summed E-state index contributed by atoms with van der Waals surface area (Å²) in [5, 5.41) is 9.41. The molecule has 4 nitrogen and oxygen atoms in total. The minimum Gasteiger partial charge on any atom is -0.382 e. The molecule has 1 saturated carbocycles. The van der Waals surface area contributed by atoms with Gasteiger partial charge in [-0.05, 0) is 25.2 Å². The lowest BCUT2D eigenvalue weighted by Gasteiger charge is -2.34. The van der Waals surface area contributed by atoms with E-state index in [0.29, 0.717) is 39.0 Å². The average Bonchev–Trinajstić information content (AvgIpc) is 2.42. The van der Waals surface area contributed by atoms with Crippen molar-refractivity contribution in [3.8, 4) is 6.07 Å². The monoisotopic (exact) mass is 269 g/mol. The molecule has 0 radical (unpaired) electrons. The van der Waals surface area contributed by atoms with E-state index in [0.717, 1.165) is 19.3 Å². The maximum Gasteiger partial charge on any atom is 0.0701 e. The van der Waals surface area contributed by atoms with E-state index in [2.05, 4.69) is 13.0 Å². The van der Waals surface area contributed by atoms with E-state index in [4.69, 9.17) is 14.2 Å². The van der Waals surface area contributed by atoms with Crippen LogP contribution in [0, 0.1) is 22.7 Å². The van der Waals surface area contributed by atoms with E-state index >= 15 is 0 Å². The van der Waals surface area contributed by atoms with Gasteiger partial charge in [0.2, 0.25) is 0 Å². The highest BCUT2D eigenvalue weighted by atomic mass is 16.5. The van der Waals surface area contributed by atoms with Gasteiger partial charge in [0.1, 0.15) is 0 Å². The molecule has 2 atom stereocenters. The van der Waals surface area contributed by atoms with Crippen molar-refractivity contribution < 1.29 is 14.2 Å². The van der Waals surface area contributed by atoms with E-state index in [-0.39, 0.29) is 5.41 Å². The van der Waals surface area contributed by atoms with E-state index in [9.17, 15) is 5.26 Å². The molecular weight excluding hydrogens is 242 g/mol. The zero-order valence-corrected chi connectivity index (χ0v) is 12.3. The molecule has 1 fully saturated rings. The molecule has 0 spiro atoms. The molecule has 0 heterocycles. The van der Waals surface area contributed by atoms with Gasteiger partial charge in [-0.15, -0.1) is 0 Å². The number of methoxy groups -OCH3 is 1. The van der Waals surface area contributed by atoms with Gasteiger partial charge in [0.05, 0.1) is 37.9 Å². The van der Waals surface area contributed by atoms with Crippen molar-refractivity contribution in [2.45, 2.75) is 39.0 Å². The number of hydrogen-bond acceptors (Lipinski definition) is 4. The maximum atomic E-state index is 9.41. The van der Waals surface area contributed by atoms with Gasteiger partial charge < -0.3 is 14.2 Å². The van der Waals surface area contributed by atoms with Crippen LogP contribution < -0.4 is 0 Å². The van der Waals surface area contributed by atoms with Crippen LogP contribution in [-0.2, 0) is 14.2 Å². The van der Waals surface area contributed by atoms with Crippen LogP contribution in [-0.4, -0.2) is 40.1 Å². The lowest BCUT2D eigenvalue weighted by molar-refractivity contribution is 0.0162. The van der Waals surface area contributed by atoms with Gasteiger partial charge in [0.25, 0.3) is 0 Å². The fraction of sp³-hybridized carbons (Fsp3) is 0.933. The van der Waals surface area contributed by atoms with Crippen LogP contribution in [0.5, 0.6) is 0 Å². The Labute approximate surface area is 117 Å². The Kier molecular flexibility index (Phi) is 8.04. The summed E-state index contributed by atoms with van der Waals surface area (Å²) in [6.45, 7) is 5.33. The smallest absolute Gasteiger partial charge is 0.0701 e. The Balaban J connectivity index is 2.08. The molecule has 110 valence electrons. The van der Waals surface area contributed by atoms with Crippen molar-refractivity contribution in [3.05, 3.63) is 0 Å². The maximum absolute atomic E-state index is 9.41. The average molecular weight is 269 g/mol. The minimum atomic E-state index is -0.144. The van der Waals surface area contributed by atoms with Crippen LogP contribution >= 0.6 is 0 Å². The molecule has 19 heavy (non-hydrogen) atoms. The molecule has 1 aliphatic rings. The summed E-state index contributed by atoms with van der Waals surface area (Å²) in [6.07, 6.45) is 5.34. The van der Waals surface area contributed by atoms with Crippen LogP contribution in [0.25, 0.3) is 0 Å². The molecule has 0 saturated heterocycles. The molecule has 0 bridgehead atoms. The molecule has 2 unspecified atom stereocenters. The summed E-state index contributed by atoms with van der Waals surface area (Å²) in [6, 6.07) is 2.54. The third-order valence-electron chi connectivity index (χ3n) is 3.86. The van der Waals surface area contributed by atoms with Gasteiger partial charge in [-0.1, -0.05) is 19.8 Å². The quantitative estimate of drug-likeness (QED) is 0.604. The Hall–Kier alpha value is -0.630. The summed E-state index contributed by atoms with van der Waals surface area (Å²) in [5.74, 6) is 0.672. The largest absolute Gasteiger partial charge is 0.382 e. The first-order chi connectivity index (χ1) is 9.22. The highest BCUT2D eigenvalue weighted by molar-refractivity contribution is 5.01. The predicted octanol–water partition coefficient (Wildman–Crippen LogP) is 2.78. The molecular formula is C15H27NO3.